The predicted octanol–water partition coefficient (Wildman–Crippen LogP) is 6.13. The minimum atomic E-state index is -4.09. The quantitative estimate of drug-likeness (QED) is 0.366. The van der Waals surface area contributed by atoms with Gasteiger partial charge in [-0.15, -0.1) is 0 Å². The molecule has 3 aliphatic rings. The molecule has 1 amide bonds. The Morgan fingerprint density at radius 2 is 1.91 bits per heavy atom. The summed E-state index contributed by atoms with van der Waals surface area (Å²) in [4.78, 5) is 15.3. The van der Waals surface area contributed by atoms with Crippen molar-refractivity contribution >= 4 is 33.2 Å². The van der Waals surface area contributed by atoms with Crippen LogP contribution in [0.2, 0.25) is 5.02 Å². The Labute approximate surface area is 257 Å². The molecule has 2 aromatic rings. The SMILES string of the molecule is C[C@@H]1[C@@H](C)C/C=C\[C@@](O)(C(F)F)[C@@H]2CC[C@H]2CN2CCCCc3cc(Cl)ccc3COc3ccc(cc32)C(=O)NS1(=O)=O. The molecule has 5 rings (SSSR count). The predicted molar refractivity (Wildman–Crippen MR) is 163 cm³/mol. The molecule has 43 heavy (non-hydrogen) atoms. The van der Waals surface area contributed by atoms with Gasteiger partial charge in [-0.1, -0.05) is 36.7 Å². The minimum absolute atomic E-state index is 0.151. The van der Waals surface area contributed by atoms with E-state index in [1.807, 2.05) is 23.1 Å². The van der Waals surface area contributed by atoms with Crippen LogP contribution in [0.4, 0.5) is 14.5 Å². The van der Waals surface area contributed by atoms with Gasteiger partial charge in [-0.05, 0) is 98.7 Å². The molecule has 7 nitrogen and oxygen atoms in total. The molecule has 0 aromatic heterocycles. The zero-order chi connectivity index (χ0) is 30.9. The third-order valence-electron chi connectivity index (χ3n) is 9.47. The molecule has 0 radical (unpaired) electrons. The molecule has 11 heteroatoms. The molecule has 0 saturated heterocycles. The lowest BCUT2D eigenvalue weighted by Gasteiger charge is -2.47. The second kappa shape index (κ2) is 12.7. The number of alkyl halides is 2. The molecule has 2 N–H and O–H groups in total. The summed E-state index contributed by atoms with van der Waals surface area (Å²) in [6.07, 6.45) is 3.29. The molecule has 5 atom stereocenters. The van der Waals surface area contributed by atoms with Gasteiger partial charge in [0.25, 0.3) is 12.3 Å². The topological polar surface area (TPSA) is 95.9 Å². The van der Waals surface area contributed by atoms with Gasteiger partial charge in [-0.3, -0.25) is 4.79 Å². The van der Waals surface area contributed by atoms with Gasteiger partial charge in [0.15, 0.2) is 0 Å². The molecule has 0 unspecified atom stereocenters. The molecule has 1 saturated carbocycles. The van der Waals surface area contributed by atoms with Gasteiger partial charge in [0.1, 0.15) is 18.0 Å². The third-order valence-corrected chi connectivity index (χ3v) is 11.6. The van der Waals surface area contributed by atoms with E-state index in [9.17, 15) is 27.1 Å². The van der Waals surface area contributed by atoms with E-state index in [0.717, 1.165) is 30.4 Å². The van der Waals surface area contributed by atoms with Gasteiger partial charge in [-0.25, -0.2) is 21.9 Å². The molecule has 1 aliphatic carbocycles. The maximum atomic E-state index is 14.5. The van der Waals surface area contributed by atoms with E-state index in [-0.39, 0.29) is 24.5 Å². The van der Waals surface area contributed by atoms with E-state index >= 15 is 0 Å². The zero-order valence-electron chi connectivity index (χ0n) is 24.4. The minimum Gasteiger partial charge on any atom is -0.487 e. The van der Waals surface area contributed by atoms with Crippen LogP contribution in [0.25, 0.3) is 0 Å². The van der Waals surface area contributed by atoms with Crippen LogP contribution in [0.3, 0.4) is 0 Å². The van der Waals surface area contributed by atoms with E-state index in [2.05, 4.69) is 4.72 Å². The second-order valence-electron chi connectivity index (χ2n) is 12.2. The van der Waals surface area contributed by atoms with Crippen LogP contribution in [0, 0.1) is 17.8 Å². The standard InChI is InChI=1S/C32H39ClF2N2O5S/c1-20-6-5-14-32(39,31(34)35)27-12-9-24(27)18-37-15-4-3-7-22-16-26(33)11-8-25(22)19-42-29-13-10-23(17-28(29)37)30(38)36-43(40,41)21(20)2/h5,8,10-11,13-14,16-17,20-21,24,27,31,39H,3-4,6-7,9,12,15,18-19H2,1-2H3,(H,36,38)/b14-5-/t20-,21+,24-,27+,32-/m0/s1. The average Bonchev–Trinajstić information content (AvgIpc) is 2.97. The maximum absolute atomic E-state index is 14.5. The average molecular weight is 637 g/mol. The maximum Gasteiger partial charge on any atom is 0.270 e. The van der Waals surface area contributed by atoms with E-state index < -0.39 is 45.0 Å². The number of ether oxygens (including phenoxy) is 1. The first-order chi connectivity index (χ1) is 20.4. The largest absolute Gasteiger partial charge is 0.487 e. The highest BCUT2D eigenvalue weighted by molar-refractivity contribution is 7.90. The van der Waals surface area contributed by atoms with Crippen molar-refractivity contribution < 1.29 is 31.8 Å². The smallest absolute Gasteiger partial charge is 0.270 e. The number of hydrogen-bond donors (Lipinski definition) is 2. The highest BCUT2D eigenvalue weighted by atomic mass is 35.5. The number of sulfonamides is 1. The Morgan fingerprint density at radius 1 is 1.12 bits per heavy atom. The zero-order valence-corrected chi connectivity index (χ0v) is 26.0. The first-order valence-corrected chi connectivity index (χ1v) is 16.8. The van der Waals surface area contributed by atoms with Crippen molar-refractivity contribution in [3.05, 3.63) is 70.3 Å². The van der Waals surface area contributed by atoms with E-state index in [1.165, 1.54) is 25.1 Å². The lowest BCUT2D eigenvalue weighted by atomic mass is 9.64. The van der Waals surface area contributed by atoms with Crippen LogP contribution >= 0.6 is 11.6 Å². The molecule has 2 heterocycles. The highest BCUT2D eigenvalue weighted by Crippen LogP contribution is 2.47. The van der Waals surface area contributed by atoms with Crippen LogP contribution in [0.1, 0.15) is 67.4 Å². The molecule has 2 aliphatic heterocycles. The normalized spacial score (nSPS) is 30.5. The monoisotopic (exact) mass is 636 g/mol. The first-order valence-electron chi connectivity index (χ1n) is 14.9. The van der Waals surface area contributed by atoms with Gasteiger partial charge in [-0.2, -0.15) is 0 Å². The van der Waals surface area contributed by atoms with Gasteiger partial charge < -0.3 is 14.7 Å². The fourth-order valence-corrected chi connectivity index (χ4v) is 7.85. The summed E-state index contributed by atoms with van der Waals surface area (Å²) >= 11 is 6.27. The molecule has 1 fully saturated rings. The number of aliphatic hydroxyl groups is 1. The Balaban J connectivity index is 1.58. The van der Waals surface area contributed by atoms with Crippen molar-refractivity contribution in [1.82, 2.24) is 4.72 Å². The van der Waals surface area contributed by atoms with Crippen LogP contribution in [-0.4, -0.2) is 49.8 Å². The summed E-state index contributed by atoms with van der Waals surface area (Å²) in [5, 5.41) is 10.9. The van der Waals surface area contributed by atoms with E-state index in [1.54, 1.807) is 19.1 Å². The van der Waals surface area contributed by atoms with Gasteiger partial charge >= 0.3 is 0 Å². The first kappa shape index (κ1) is 31.7. The summed E-state index contributed by atoms with van der Waals surface area (Å²) in [5.41, 5.74) is 0.483. The number of amides is 1. The molecular formula is C32H39ClF2N2O5S. The fourth-order valence-electron chi connectivity index (χ4n) is 6.37. The lowest BCUT2D eigenvalue weighted by Crippen LogP contribution is -2.53. The summed E-state index contributed by atoms with van der Waals surface area (Å²) in [5.74, 6) is -1.64. The summed E-state index contributed by atoms with van der Waals surface area (Å²) in [6.45, 7) is 4.34. The number of nitrogens with zero attached hydrogens (tertiary/aromatic N) is 1. The summed E-state index contributed by atoms with van der Waals surface area (Å²) < 4.78 is 63.7. The van der Waals surface area contributed by atoms with Crippen LogP contribution in [-0.2, 0) is 23.1 Å². The van der Waals surface area contributed by atoms with Crippen molar-refractivity contribution in [3.8, 4) is 5.75 Å². The fraction of sp³-hybridized carbons (Fsp3) is 0.531. The van der Waals surface area contributed by atoms with Crippen molar-refractivity contribution in [2.24, 2.45) is 17.8 Å². The molecule has 234 valence electrons. The van der Waals surface area contributed by atoms with Crippen molar-refractivity contribution in [2.45, 2.75) is 76.3 Å². The Hall–Kier alpha value is -2.69. The van der Waals surface area contributed by atoms with Crippen molar-refractivity contribution in [1.29, 1.82) is 0 Å². The molecule has 0 spiro atoms. The number of hydrogen-bond acceptors (Lipinski definition) is 6. The van der Waals surface area contributed by atoms with Gasteiger partial charge in [0, 0.05) is 29.6 Å². The Kier molecular flexibility index (Phi) is 9.40. The Bertz CT molecular complexity index is 1490. The number of carbonyl (C=O) groups is 1. The molecule has 2 aromatic carbocycles. The van der Waals surface area contributed by atoms with Crippen molar-refractivity contribution in [2.75, 3.05) is 18.0 Å². The van der Waals surface area contributed by atoms with E-state index in [4.69, 9.17) is 16.3 Å². The Morgan fingerprint density at radius 3 is 2.63 bits per heavy atom. The number of aryl methyl sites for hydroxylation is 1. The number of fused-ring (bicyclic) bond motifs is 3. The number of carbonyl (C=O) groups excluding carboxylic acids is 1. The highest BCUT2D eigenvalue weighted by Gasteiger charge is 2.51. The molecule has 2 bridgehead atoms. The lowest BCUT2D eigenvalue weighted by molar-refractivity contribution is -0.136. The number of allylic oxidation sites excluding steroid dienone is 1. The summed E-state index contributed by atoms with van der Waals surface area (Å²) in [7, 11) is -4.09. The van der Waals surface area contributed by atoms with Gasteiger partial charge in [0.05, 0.1) is 10.9 Å². The van der Waals surface area contributed by atoms with Gasteiger partial charge in [0.2, 0.25) is 10.0 Å². The number of nitrogens with one attached hydrogen (secondary N) is 1. The second-order valence-corrected chi connectivity index (χ2v) is 14.7. The number of halogens is 3. The number of anilines is 1. The van der Waals surface area contributed by atoms with Crippen LogP contribution < -0.4 is 14.4 Å². The third kappa shape index (κ3) is 6.71. The number of rotatable bonds is 1. The van der Waals surface area contributed by atoms with Crippen LogP contribution in [0.15, 0.2) is 48.6 Å². The van der Waals surface area contributed by atoms with Crippen LogP contribution in [0.5, 0.6) is 5.75 Å². The van der Waals surface area contributed by atoms with E-state index in [0.29, 0.717) is 42.4 Å². The summed E-state index contributed by atoms with van der Waals surface area (Å²) in [6, 6.07) is 10.5. The van der Waals surface area contributed by atoms with Crippen molar-refractivity contribution in [3.63, 3.8) is 0 Å². The number of benzene rings is 2. The molecular weight excluding hydrogens is 598 g/mol.